The van der Waals surface area contributed by atoms with Gasteiger partial charge in [0.05, 0.1) is 19.7 Å². The molecule has 0 bridgehead atoms. The fourth-order valence-corrected chi connectivity index (χ4v) is 1.37. The Morgan fingerprint density at radius 3 is 2.82 bits per heavy atom. The number of carbonyl (C=O) groups is 1. The summed E-state index contributed by atoms with van der Waals surface area (Å²) in [6.45, 7) is 3.68. The van der Waals surface area contributed by atoms with Gasteiger partial charge in [-0.2, -0.15) is 0 Å². The molecule has 0 aromatic heterocycles. The summed E-state index contributed by atoms with van der Waals surface area (Å²) < 4.78 is 9.99. The number of hydrogen-bond acceptors (Lipinski definition) is 3. The zero-order valence-corrected chi connectivity index (χ0v) is 6.45. The molecule has 11 heavy (non-hydrogen) atoms. The lowest BCUT2D eigenvalue weighted by Gasteiger charge is -2.15. The summed E-state index contributed by atoms with van der Waals surface area (Å²) in [6, 6.07) is 0. The molecule has 0 aromatic carbocycles. The van der Waals surface area contributed by atoms with Crippen LogP contribution in [0.15, 0.2) is 0 Å². The van der Waals surface area contributed by atoms with Crippen LogP contribution in [0.25, 0.3) is 0 Å². The Labute approximate surface area is 65.1 Å². The van der Waals surface area contributed by atoms with Crippen molar-refractivity contribution in [2.75, 3.05) is 19.7 Å². The molecule has 2 saturated heterocycles. The lowest BCUT2D eigenvalue weighted by atomic mass is 10.4. The molecular weight excluding hydrogens is 146 g/mol. The molecule has 2 atom stereocenters. The number of fused-ring (bicyclic) bond motifs is 1. The van der Waals surface area contributed by atoms with Crippen LogP contribution >= 0.6 is 0 Å². The molecule has 2 rings (SSSR count). The highest BCUT2D eigenvalue weighted by molar-refractivity contribution is 5.68. The second-order valence-electron chi connectivity index (χ2n) is 2.82. The Hall–Kier alpha value is -0.770. The van der Waals surface area contributed by atoms with E-state index in [9.17, 15) is 4.79 Å². The van der Waals surface area contributed by atoms with Crippen molar-refractivity contribution in [1.82, 2.24) is 4.90 Å². The third-order valence-corrected chi connectivity index (χ3v) is 2.01. The van der Waals surface area contributed by atoms with E-state index in [0.717, 1.165) is 0 Å². The Bertz CT molecular complexity index is 173. The normalized spacial score (nSPS) is 33.4. The van der Waals surface area contributed by atoms with E-state index in [0.29, 0.717) is 31.9 Å². The number of morpholine rings is 1. The first-order chi connectivity index (χ1) is 5.31. The molecule has 62 valence electrons. The van der Waals surface area contributed by atoms with Gasteiger partial charge < -0.3 is 14.4 Å². The molecule has 2 unspecified atom stereocenters. The summed E-state index contributed by atoms with van der Waals surface area (Å²) in [5.74, 6) is 0. The number of carbonyl (C=O) groups excluding carboxylic acids is 1. The van der Waals surface area contributed by atoms with Gasteiger partial charge in [-0.3, -0.25) is 0 Å². The average Bonchev–Trinajstić information content (AvgIpc) is 2.59. The van der Waals surface area contributed by atoms with E-state index in [1.165, 1.54) is 0 Å². The first-order valence-electron chi connectivity index (χ1n) is 3.88. The van der Waals surface area contributed by atoms with E-state index in [2.05, 4.69) is 0 Å². The molecule has 0 N–H and O–H groups in total. The van der Waals surface area contributed by atoms with Crippen LogP contribution in [0.5, 0.6) is 0 Å². The highest BCUT2D eigenvalue weighted by Crippen LogP contribution is 2.30. The van der Waals surface area contributed by atoms with Crippen molar-refractivity contribution in [3.8, 4) is 0 Å². The van der Waals surface area contributed by atoms with Crippen molar-refractivity contribution in [3.63, 3.8) is 0 Å². The van der Waals surface area contributed by atoms with Crippen molar-refractivity contribution in [2.24, 2.45) is 0 Å². The van der Waals surface area contributed by atoms with Crippen LogP contribution in [-0.2, 0) is 9.47 Å². The zero-order chi connectivity index (χ0) is 7.84. The minimum absolute atomic E-state index is 0.205. The maximum atomic E-state index is 11.1. The number of nitrogens with zero attached hydrogens (tertiary/aromatic N) is 1. The van der Waals surface area contributed by atoms with Gasteiger partial charge in [-0.05, 0) is 6.92 Å². The van der Waals surface area contributed by atoms with Gasteiger partial charge in [0.2, 0.25) is 0 Å². The molecule has 0 saturated carbocycles. The van der Waals surface area contributed by atoms with Crippen LogP contribution in [-0.4, -0.2) is 42.9 Å². The molecule has 0 aromatic rings. The lowest BCUT2D eigenvalue weighted by molar-refractivity contribution is 0.100. The SMILES string of the molecule is CCOC(=O)N1CC2OC2C1. The van der Waals surface area contributed by atoms with Crippen LogP contribution in [0.1, 0.15) is 6.92 Å². The van der Waals surface area contributed by atoms with Gasteiger partial charge in [-0.1, -0.05) is 0 Å². The van der Waals surface area contributed by atoms with E-state index < -0.39 is 0 Å². The largest absolute Gasteiger partial charge is 0.450 e. The number of epoxide rings is 1. The van der Waals surface area contributed by atoms with Crippen LogP contribution in [0.3, 0.4) is 0 Å². The summed E-state index contributed by atoms with van der Waals surface area (Å²) >= 11 is 0. The standard InChI is InChI=1S/C7H11NO3/c1-2-10-7(9)8-3-5-6(4-8)11-5/h5-6H,2-4H2,1H3. The van der Waals surface area contributed by atoms with E-state index in [4.69, 9.17) is 9.47 Å². The van der Waals surface area contributed by atoms with E-state index in [-0.39, 0.29) is 6.09 Å². The smallest absolute Gasteiger partial charge is 0.409 e. The maximum absolute atomic E-state index is 11.1. The van der Waals surface area contributed by atoms with Crippen molar-refractivity contribution in [2.45, 2.75) is 19.1 Å². The predicted octanol–water partition coefficient (Wildman–Crippen LogP) is 0.226. The van der Waals surface area contributed by atoms with Crippen LogP contribution in [0.2, 0.25) is 0 Å². The molecule has 0 aliphatic carbocycles. The summed E-state index contributed by atoms with van der Waals surface area (Å²) in [4.78, 5) is 12.8. The van der Waals surface area contributed by atoms with Crippen molar-refractivity contribution in [3.05, 3.63) is 0 Å². The fourth-order valence-electron chi connectivity index (χ4n) is 1.37. The first kappa shape index (κ1) is 6.91. The number of amides is 1. The zero-order valence-electron chi connectivity index (χ0n) is 6.45. The Balaban J connectivity index is 1.82. The first-order valence-corrected chi connectivity index (χ1v) is 3.88. The Morgan fingerprint density at radius 1 is 1.64 bits per heavy atom. The third kappa shape index (κ3) is 1.18. The Kier molecular flexibility index (Phi) is 1.49. The fraction of sp³-hybridized carbons (Fsp3) is 0.857. The van der Waals surface area contributed by atoms with Gasteiger partial charge in [0.25, 0.3) is 0 Å². The molecule has 2 aliphatic heterocycles. The number of ether oxygens (including phenoxy) is 2. The lowest BCUT2D eigenvalue weighted by Crippen LogP contribution is -2.32. The van der Waals surface area contributed by atoms with Gasteiger partial charge in [0.15, 0.2) is 0 Å². The van der Waals surface area contributed by atoms with Gasteiger partial charge in [-0.15, -0.1) is 0 Å². The van der Waals surface area contributed by atoms with Gasteiger partial charge in [0.1, 0.15) is 12.2 Å². The molecule has 2 aliphatic rings. The number of hydrogen-bond donors (Lipinski definition) is 0. The quantitative estimate of drug-likeness (QED) is 0.511. The molecule has 4 heteroatoms. The van der Waals surface area contributed by atoms with Crippen molar-refractivity contribution >= 4 is 6.09 Å². The molecular formula is C7H11NO3. The van der Waals surface area contributed by atoms with E-state index in [1.807, 2.05) is 6.92 Å². The van der Waals surface area contributed by atoms with E-state index >= 15 is 0 Å². The molecule has 2 heterocycles. The molecule has 2 fully saturated rings. The highest BCUT2D eigenvalue weighted by Gasteiger charge is 2.49. The van der Waals surface area contributed by atoms with Crippen molar-refractivity contribution < 1.29 is 14.3 Å². The summed E-state index contributed by atoms with van der Waals surface area (Å²) in [5, 5.41) is 0. The maximum Gasteiger partial charge on any atom is 0.409 e. The minimum Gasteiger partial charge on any atom is -0.450 e. The van der Waals surface area contributed by atoms with E-state index in [1.54, 1.807) is 4.90 Å². The highest BCUT2D eigenvalue weighted by atomic mass is 16.6. The molecule has 0 radical (unpaired) electrons. The second kappa shape index (κ2) is 2.37. The minimum atomic E-state index is -0.205. The number of likely N-dealkylation sites (tertiary alicyclic amines) is 1. The van der Waals surface area contributed by atoms with Gasteiger partial charge >= 0.3 is 6.09 Å². The molecule has 1 amide bonds. The van der Waals surface area contributed by atoms with Crippen LogP contribution < -0.4 is 0 Å². The Morgan fingerprint density at radius 2 is 2.27 bits per heavy atom. The van der Waals surface area contributed by atoms with Crippen LogP contribution in [0.4, 0.5) is 4.79 Å². The summed E-state index contributed by atoms with van der Waals surface area (Å²) in [6.07, 6.45) is 0.405. The third-order valence-electron chi connectivity index (χ3n) is 2.01. The molecule has 0 spiro atoms. The predicted molar refractivity (Wildman–Crippen MR) is 37.3 cm³/mol. The molecule has 4 nitrogen and oxygen atoms in total. The average molecular weight is 157 g/mol. The second-order valence-corrected chi connectivity index (χ2v) is 2.82. The van der Waals surface area contributed by atoms with Crippen molar-refractivity contribution in [1.29, 1.82) is 0 Å². The summed E-state index contributed by atoms with van der Waals surface area (Å²) in [5.41, 5.74) is 0. The van der Waals surface area contributed by atoms with Gasteiger partial charge in [-0.25, -0.2) is 4.79 Å². The summed E-state index contributed by atoms with van der Waals surface area (Å²) in [7, 11) is 0. The van der Waals surface area contributed by atoms with Gasteiger partial charge in [0, 0.05) is 0 Å². The topological polar surface area (TPSA) is 42.1 Å². The monoisotopic (exact) mass is 157 g/mol. The number of rotatable bonds is 1. The van der Waals surface area contributed by atoms with Crippen LogP contribution in [0, 0.1) is 0 Å².